The fourth-order valence-electron chi connectivity index (χ4n) is 3.02. The Kier molecular flexibility index (Phi) is 3.26. The van der Waals surface area contributed by atoms with Gasteiger partial charge in [-0.2, -0.15) is 0 Å². The molecule has 0 bridgehead atoms. The molecule has 0 fully saturated rings. The molecule has 0 saturated carbocycles. The van der Waals surface area contributed by atoms with E-state index in [4.69, 9.17) is 10.5 Å². The SMILES string of the molecule is COc1ccc([C@H]2CCc3ccccc3C2N)cc1. The normalized spacial score (nSPS) is 21.8. The van der Waals surface area contributed by atoms with Crippen LogP contribution in [0.5, 0.6) is 5.75 Å². The van der Waals surface area contributed by atoms with E-state index in [1.807, 2.05) is 12.1 Å². The van der Waals surface area contributed by atoms with Gasteiger partial charge in [-0.1, -0.05) is 36.4 Å². The van der Waals surface area contributed by atoms with E-state index < -0.39 is 0 Å². The molecular formula is C17H19NO. The largest absolute Gasteiger partial charge is 0.497 e. The van der Waals surface area contributed by atoms with Crippen molar-refractivity contribution < 1.29 is 4.74 Å². The Labute approximate surface area is 114 Å². The summed E-state index contributed by atoms with van der Waals surface area (Å²) in [5.41, 5.74) is 10.5. The van der Waals surface area contributed by atoms with Crippen LogP contribution in [0, 0.1) is 0 Å². The molecule has 0 spiro atoms. The van der Waals surface area contributed by atoms with Crippen LogP contribution in [0.1, 0.15) is 35.1 Å². The summed E-state index contributed by atoms with van der Waals surface area (Å²) in [4.78, 5) is 0. The van der Waals surface area contributed by atoms with E-state index in [0.717, 1.165) is 18.6 Å². The van der Waals surface area contributed by atoms with Crippen molar-refractivity contribution >= 4 is 0 Å². The zero-order chi connectivity index (χ0) is 13.2. The molecule has 2 heteroatoms. The zero-order valence-electron chi connectivity index (χ0n) is 11.2. The van der Waals surface area contributed by atoms with Crippen LogP contribution in [-0.4, -0.2) is 7.11 Å². The third-order valence-electron chi connectivity index (χ3n) is 4.12. The Morgan fingerprint density at radius 1 is 1.05 bits per heavy atom. The summed E-state index contributed by atoms with van der Waals surface area (Å²) in [5.74, 6) is 1.30. The molecule has 0 saturated heterocycles. The Balaban J connectivity index is 1.90. The van der Waals surface area contributed by atoms with E-state index in [1.54, 1.807) is 7.11 Å². The molecule has 2 atom stereocenters. The van der Waals surface area contributed by atoms with Crippen LogP contribution in [0.4, 0.5) is 0 Å². The number of fused-ring (bicyclic) bond motifs is 1. The van der Waals surface area contributed by atoms with Crippen LogP contribution in [0.3, 0.4) is 0 Å². The highest BCUT2D eigenvalue weighted by Crippen LogP contribution is 2.39. The van der Waals surface area contributed by atoms with E-state index in [9.17, 15) is 0 Å². The second kappa shape index (κ2) is 5.06. The maximum atomic E-state index is 6.46. The molecule has 1 unspecified atom stereocenters. The van der Waals surface area contributed by atoms with Gasteiger partial charge in [0, 0.05) is 12.0 Å². The van der Waals surface area contributed by atoms with Crippen molar-refractivity contribution in [1.29, 1.82) is 0 Å². The molecular weight excluding hydrogens is 234 g/mol. The maximum Gasteiger partial charge on any atom is 0.118 e. The van der Waals surface area contributed by atoms with Gasteiger partial charge < -0.3 is 10.5 Å². The van der Waals surface area contributed by atoms with Gasteiger partial charge in [-0.05, 0) is 41.7 Å². The molecule has 1 aliphatic rings. The lowest BCUT2D eigenvalue weighted by molar-refractivity contribution is 0.414. The molecule has 0 heterocycles. The zero-order valence-corrected chi connectivity index (χ0v) is 11.2. The van der Waals surface area contributed by atoms with Crippen molar-refractivity contribution in [2.45, 2.75) is 24.8 Å². The van der Waals surface area contributed by atoms with Crippen molar-refractivity contribution in [1.82, 2.24) is 0 Å². The number of aryl methyl sites for hydroxylation is 1. The first-order chi connectivity index (χ1) is 9.29. The quantitative estimate of drug-likeness (QED) is 0.890. The van der Waals surface area contributed by atoms with Gasteiger partial charge in [0.15, 0.2) is 0 Å². The van der Waals surface area contributed by atoms with Gasteiger partial charge in [-0.3, -0.25) is 0 Å². The second-order valence-corrected chi connectivity index (χ2v) is 5.14. The molecule has 0 aromatic heterocycles. The predicted molar refractivity (Wildman–Crippen MR) is 77.4 cm³/mol. The summed E-state index contributed by atoms with van der Waals surface area (Å²) in [6.45, 7) is 0. The summed E-state index contributed by atoms with van der Waals surface area (Å²) in [7, 11) is 1.69. The summed E-state index contributed by atoms with van der Waals surface area (Å²) in [5, 5.41) is 0. The van der Waals surface area contributed by atoms with Gasteiger partial charge >= 0.3 is 0 Å². The summed E-state index contributed by atoms with van der Waals surface area (Å²) >= 11 is 0. The molecule has 1 aliphatic carbocycles. The molecule has 2 aromatic rings. The third-order valence-corrected chi connectivity index (χ3v) is 4.12. The Morgan fingerprint density at radius 3 is 2.53 bits per heavy atom. The number of benzene rings is 2. The highest BCUT2D eigenvalue weighted by atomic mass is 16.5. The van der Waals surface area contributed by atoms with Crippen molar-refractivity contribution in [2.24, 2.45) is 5.73 Å². The molecule has 0 radical (unpaired) electrons. The first-order valence-electron chi connectivity index (χ1n) is 6.77. The third kappa shape index (κ3) is 2.24. The minimum absolute atomic E-state index is 0.0957. The lowest BCUT2D eigenvalue weighted by atomic mass is 9.77. The molecule has 0 aliphatic heterocycles. The topological polar surface area (TPSA) is 35.2 Å². The second-order valence-electron chi connectivity index (χ2n) is 5.14. The molecule has 3 rings (SSSR count). The number of nitrogens with two attached hydrogens (primary N) is 1. The van der Waals surface area contributed by atoms with Crippen LogP contribution in [0.25, 0.3) is 0 Å². The molecule has 19 heavy (non-hydrogen) atoms. The highest BCUT2D eigenvalue weighted by Gasteiger charge is 2.27. The van der Waals surface area contributed by atoms with E-state index in [0.29, 0.717) is 5.92 Å². The number of hydrogen-bond donors (Lipinski definition) is 1. The minimum atomic E-state index is 0.0957. The van der Waals surface area contributed by atoms with E-state index >= 15 is 0 Å². The van der Waals surface area contributed by atoms with Gasteiger partial charge in [0.2, 0.25) is 0 Å². The lowest BCUT2D eigenvalue weighted by Crippen LogP contribution is -2.25. The van der Waals surface area contributed by atoms with E-state index in [1.165, 1.54) is 16.7 Å². The predicted octanol–water partition coefficient (Wildman–Crippen LogP) is 3.43. The summed E-state index contributed by atoms with van der Waals surface area (Å²) in [6, 6.07) is 16.9. The Morgan fingerprint density at radius 2 is 1.79 bits per heavy atom. The average Bonchev–Trinajstić information content (AvgIpc) is 2.48. The molecule has 0 amide bonds. The van der Waals surface area contributed by atoms with Crippen LogP contribution >= 0.6 is 0 Å². The first-order valence-corrected chi connectivity index (χ1v) is 6.77. The van der Waals surface area contributed by atoms with Crippen LogP contribution in [0.15, 0.2) is 48.5 Å². The monoisotopic (exact) mass is 253 g/mol. The van der Waals surface area contributed by atoms with Crippen LogP contribution in [0.2, 0.25) is 0 Å². The minimum Gasteiger partial charge on any atom is -0.497 e. The fourth-order valence-corrected chi connectivity index (χ4v) is 3.02. The number of methoxy groups -OCH3 is 1. The van der Waals surface area contributed by atoms with Crippen LogP contribution < -0.4 is 10.5 Å². The van der Waals surface area contributed by atoms with Gasteiger partial charge in [0.05, 0.1) is 7.11 Å². The summed E-state index contributed by atoms with van der Waals surface area (Å²) in [6.07, 6.45) is 2.23. The standard InChI is InChI=1S/C17H19NO/c1-19-14-9-6-13(7-10-14)16-11-8-12-4-2-3-5-15(12)17(16)18/h2-7,9-10,16-17H,8,11,18H2,1H3/t16-,17?/m1/s1. The van der Waals surface area contributed by atoms with Crippen molar-refractivity contribution in [3.8, 4) is 5.75 Å². The molecule has 2 N–H and O–H groups in total. The van der Waals surface area contributed by atoms with Gasteiger partial charge in [0.1, 0.15) is 5.75 Å². The first kappa shape index (κ1) is 12.2. The van der Waals surface area contributed by atoms with Crippen molar-refractivity contribution in [3.63, 3.8) is 0 Å². The number of ether oxygens (including phenoxy) is 1. The van der Waals surface area contributed by atoms with Gasteiger partial charge in [0.25, 0.3) is 0 Å². The molecule has 98 valence electrons. The van der Waals surface area contributed by atoms with Crippen LogP contribution in [-0.2, 0) is 6.42 Å². The Hall–Kier alpha value is -1.80. The maximum absolute atomic E-state index is 6.46. The van der Waals surface area contributed by atoms with Gasteiger partial charge in [-0.15, -0.1) is 0 Å². The van der Waals surface area contributed by atoms with E-state index in [2.05, 4.69) is 36.4 Å². The van der Waals surface area contributed by atoms with Crippen molar-refractivity contribution in [2.75, 3.05) is 7.11 Å². The molecule has 2 nitrogen and oxygen atoms in total. The summed E-state index contributed by atoms with van der Waals surface area (Å²) < 4.78 is 5.21. The average molecular weight is 253 g/mol. The van der Waals surface area contributed by atoms with E-state index in [-0.39, 0.29) is 6.04 Å². The lowest BCUT2D eigenvalue weighted by Gasteiger charge is -2.31. The van der Waals surface area contributed by atoms with Gasteiger partial charge in [-0.25, -0.2) is 0 Å². The smallest absolute Gasteiger partial charge is 0.118 e. The fraction of sp³-hybridized carbons (Fsp3) is 0.294. The Bertz CT molecular complexity index is 562. The molecule has 2 aromatic carbocycles. The highest BCUT2D eigenvalue weighted by molar-refractivity contribution is 5.38. The van der Waals surface area contributed by atoms with Crippen molar-refractivity contribution in [3.05, 3.63) is 65.2 Å². The number of rotatable bonds is 2. The number of hydrogen-bond acceptors (Lipinski definition) is 2.